The zero-order valence-corrected chi connectivity index (χ0v) is 14.7. The summed E-state index contributed by atoms with van der Waals surface area (Å²) in [4.78, 5) is 4.82. The summed E-state index contributed by atoms with van der Waals surface area (Å²) in [5.74, 6) is 0. The second-order valence-corrected chi connectivity index (χ2v) is 7.75. The zero-order chi connectivity index (χ0) is 15.5. The molecule has 1 aromatic heterocycles. The van der Waals surface area contributed by atoms with E-state index in [1.165, 1.54) is 10.7 Å². The maximum atomic E-state index is 5.91. The molecule has 1 aliphatic heterocycles. The van der Waals surface area contributed by atoms with Crippen molar-refractivity contribution in [3.05, 3.63) is 16.1 Å². The maximum Gasteiger partial charge on any atom is 0.0945 e. The number of thiazole rings is 1. The molecule has 0 amide bonds. The standard InChI is InChI=1S/C16H28N2O2S/c1-15(2,3)13-11-21-14(18-13)10-12(17-4)16(19-5)6-8-20-9-7-16/h11-12,17H,6-10H2,1-5H3. The van der Waals surface area contributed by atoms with Gasteiger partial charge in [-0.1, -0.05) is 20.8 Å². The minimum absolute atomic E-state index is 0.113. The molecular weight excluding hydrogens is 284 g/mol. The van der Waals surface area contributed by atoms with Crippen molar-refractivity contribution >= 4 is 11.3 Å². The van der Waals surface area contributed by atoms with Crippen LogP contribution in [0.15, 0.2) is 5.38 Å². The molecule has 1 aliphatic rings. The average Bonchev–Trinajstić information content (AvgIpc) is 2.94. The Morgan fingerprint density at radius 2 is 2.10 bits per heavy atom. The number of ether oxygens (including phenoxy) is 2. The number of likely N-dealkylation sites (N-methyl/N-ethyl adjacent to an activating group) is 1. The molecule has 1 fully saturated rings. The number of hydrogen-bond donors (Lipinski definition) is 1. The average molecular weight is 312 g/mol. The maximum absolute atomic E-state index is 5.91. The first-order valence-corrected chi connectivity index (χ1v) is 8.54. The molecule has 0 aromatic carbocycles. The number of nitrogens with zero attached hydrogens (tertiary/aromatic N) is 1. The van der Waals surface area contributed by atoms with Gasteiger partial charge in [0.2, 0.25) is 0 Å². The number of rotatable bonds is 5. The quantitative estimate of drug-likeness (QED) is 0.908. The van der Waals surface area contributed by atoms with Gasteiger partial charge in [0.15, 0.2) is 0 Å². The lowest BCUT2D eigenvalue weighted by Crippen LogP contribution is -2.55. The topological polar surface area (TPSA) is 43.4 Å². The highest BCUT2D eigenvalue weighted by atomic mass is 32.1. The van der Waals surface area contributed by atoms with Crippen LogP contribution in [0.2, 0.25) is 0 Å². The molecule has 5 heteroatoms. The lowest BCUT2D eigenvalue weighted by Gasteiger charge is -2.42. The van der Waals surface area contributed by atoms with Gasteiger partial charge in [-0.25, -0.2) is 4.98 Å². The smallest absolute Gasteiger partial charge is 0.0945 e. The first kappa shape index (κ1) is 16.9. The van der Waals surface area contributed by atoms with Crippen molar-refractivity contribution in [1.82, 2.24) is 10.3 Å². The van der Waals surface area contributed by atoms with Crippen molar-refractivity contribution in [2.75, 3.05) is 27.4 Å². The van der Waals surface area contributed by atoms with Crippen molar-refractivity contribution in [3.8, 4) is 0 Å². The third kappa shape index (κ3) is 3.83. The van der Waals surface area contributed by atoms with Crippen molar-refractivity contribution in [3.63, 3.8) is 0 Å². The molecule has 1 N–H and O–H groups in total. The summed E-state index contributed by atoms with van der Waals surface area (Å²) in [5, 5.41) is 6.81. The van der Waals surface area contributed by atoms with E-state index in [1.807, 2.05) is 14.2 Å². The van der Waals surface area contributed by atoms with Crippen LogP contribution in [0.3, 0.4) is 0 Å². The molecule has 0 saturated carbocycles. The Morgan fingerprint density at radius 1 is 1.43 bits per heavy atom. The lowest BCUT2D eigenvalue weighted by molar-refractivity contribution is -0.109. The summed E-state index contributed by atoms with van der Waals surface area (Å²) >= 11 is 1.76. The number of nitrogens with one attached hydrogen (secondary N) is 1. The Morgan fingerprint density at radius 3 is 2.57 bits per heavy atom. The third-order valence-electron chi connectivity index (χ3n) is 4.43. The minimum Gasteiger partial charge on any atom is -0.381 e. The second kappa shape index (κ2) is 6.73. The first-order valence-electron chi connectivity index (χ1n) is 7.66. The number of methoxy groups -OCH3 is 1. The molecule has 0 radical (unpaired) electrons. The summed E-state index contributed by atoms with van der Waals surface area (Å²) in [6, 6.07) is 0.269. The summed E-state index contributed by atoms with van der Waals surface area (Å²) in [6.07, 6.45) is 2.78. The molecule has 0 bridgehead atoms. The molecule has 120 valence electrons. The summed E-state index contributed by atoms with van der Waals surface area (Å²) in [6.45, 7) is 8.16. The van der Waals surface area contributed by atoms with Crippen LogP contribution in [-0.4, -0.2) is 44.0 Å². The molecule has 0 aliphatic carbocycles. The van der Waals surface area contributed by atoms with Gasteiger partial charge in [-0.05, 0) is 7.05 Å². The monoisotopic (exact) mass is 312 g/mol. The lowest BCUT2D eigenvalue weighted by atomic mass is 9.84. The van der Waals surface area contributed by atoms with Crippen molar-refractivity contribution < 1.29 is 9.47 Å². The fraction of sp³-hybridized carbons (Fsp3) is 0.812. The fourth-order valence-electron chi connectivity index (χ4n) is 2.89. The normalized spacial score (nSPS) is 20.4. The fourth-order valence-corrected chi connectivity index (χ4v) is 3.95. The molecule has 1 atom stereocenters. The van der Waals surface area contributed by atoms with E-state index in [2.05, 4.69) is 31.5 Å². The Labute approximate surface area is 132 Å². The van der Waals surface area contributed by atoms with Crippen molar-refractivity contribution in [2.45, 2.75) is 57.1 Å². The van der Waals surface area contributed by atoms with E-state index in [9.17, 15) is 0 Å². The van der Waals surface area contributed by atoms with Gasteiger partial charge in [-0.15, -0.1) is 11.3 Å². The highest BCUT2D eigenvalue weighted by Crippen LogP contribution is 2.31. The van der Waals surface area contributed by atoms with Gasteiger partial charge in [0.05, 0.1) is 16.3 Å². The SMILES string of the molecule is CNC(Cc1nc(C(C)(C)C)cs1)C1(OC)CCOCC1. The minimum atomic E-state index is -0.138. The number of hydrogen-bond acceptors (Lipinski definition) is 5. The van der Waals surface area contributed by atoms with E-state index in [4.69, 9.17) is 14.5 Å². The van der Waals surface area contributed by atoms with E-state index in [1.54, 1.807) is 11.3 Å². The molecule has 0 spiro atoms. The molecule has 21 heavy (non-hydrogen) atoms. The van der Waals surface area contributed by atoms with E-state index >= 15 is 0 Å². The van der Waals surface area contributed by atoms with E-state index in [0.717, 1.165) is 32.5 Å². The predicted octanol–water partition coefficient (Wildman–Crippen LogP) is 2.77. The van der Waals surface area contributed by atoms with E-state index in [0.29, 0.717) is 0 Å². The zero-order valence-electron chi connectivity index (χ0n) is 13.9. The summed E-state index contributed by atoms with van der Waals surface area (Å²) in [7, 11) is 3.83. The highest BCUT2D eigenvalue weighted by Gasteiger charge is 2.40. The Hall–Kier alpha value is -0.490. The molecule has 4 nitrogen and oxygen atoms in total. The van der Waals surface area contributed by atoms with Gasteiger partial charge in [0.25, 0.3) is 0 Å². The molecule has 1 aromatic rings. The number of aromatic nitrogens is 1. The second-order valence-electron chi connectivity index (χ2n) is 6.80. The van der Waals surface area contributed by atoms with Crippen LogP contribution in [0.1, 0.15) is 44.3 Å². The van der Waals surface area contributed by atoms with E-state index < -0.39 is 0 Å². The van der Waals surface area contributed by atoms with Crippen LogP contribution < -0.4 is 5.32 Å². The van der Waals surface area contributed by atoms with Gasteiger partial charge < -0.3 is 14.8 Å². The van der Waals surface area contributed by atoms with Crippen LogP contribution in [0.5, 0.6) is 0 Å². The van der Waals surface area contributed by atoms with E-state index in [-0.39, 0.29) is 17.1 Å². The van der Waals surface area contributed by atoms with Gasteiger partial charge >= 0.3 is 0 Å². The third-order valence-corrected chi connectivity index (χ3v) is 5.30. The van der Waals surface area contributed by atoms with Crippen LogP contribution in [0.25, 0.3) is 0 Å². The first-order chi connectivity index (χ1) is 9.91. The Balaban J connectivity index is 2.13. The van der Waals surface area contributed by atoms with Crippen LogP contribution >= 0.6 is 11.3 Å². The van der Waals surface area contributed by atoms with Crippen LogP contribution in [-0.2, 0) is 21.3 Å². The molecular formula is C16H28N2O2S. The summed E-state index contributed by atoms with van der Waals surface area (Å²) in [5.41, 5.74) is 1.15. The molecule has 1 unspecified atom stereocenters. The molecule has 2 rings (SSSR count). The summed E-state index contributed by atoms with van der Waals surface area (Å²) < 4.78 is 11.4. The van der Waals surface area contributed by atoms with Gasteiger partial charge in [0, 0.05) is 56.4 Å². The molecule has 1 saturated heterocycles. The van der Waals surface area contributed by atoms with Gasteiger partial charge in [-0.3, -0.25) is 0 Å². The van der Waals surface area contributed by atoms with Gasteiger partial charge in [-0.2, -0.15) is 0 Å². The van der Waals surface area contributed by atoms with Gasteiger partial charge in [0.1, 0.15) is 0 Å². The Kier molecular flexibility index (Phi) is 5.41. The van der Waals surface area contributed by atoms with Crippen molar-refractivity contribution in [1.29, 1.82) is 0 Å². The van der Waals surface area contributed by atoms with Crippen LogP contribution in [0.4, 0.5) is 0 Å². The predicted molar refractivity (Wildman–Crippen MR) is 87.2 cm³/mol. The van der Waals surface area contributed by atoms with Crippen LogP contribution in [0, 0.1) is 0 Å². The largest absolute Gasteiger partial charge is 0.381 e. The van der Waals surface area contributed by atoms with Crippen molar-refractivity contribution in [2.24, 2.45) is 0 Å². The molecule has 2 heterocycles. The Bertz CT molecular complexity index is 447. The highest BCUT2D eigenvalue weighted by molar-refractivity contribution is 7.09.